The van der Waals surface area contributed by atoms with Crippen molar-refractivity contribution in [1.82, 2.24) is 30.4 Å². The fourth-order valence-electron chi connectivity index (χ4n) is 5.29. The highest BCUT2D eigenvalue weighted by molar-refractivity contribution is 5.97. The summed E-state index contributed by atoms with van der Waals surface area (Å²) in [4.78, 5) is 38.2. The molecule has 3 fully saturated rings. The van der Waals surface area contributed by atoms with Gasteiger partial charge in [0.1, 0.15) is 28.6 Å². The van der Waals surface area contributed by atoms with Crippen LogP contribution in [0.1, 0.15) is 73.6 Å². The van der Waals surface area contributed by atoms with Crippen LogP contribution >= 0.6 is 0 Å². The highest BCUT2D eigenvalue weighted by atomic mass is 16.3. The molecule has 3 heterocycles. The van der Waals surface area contributed by atoms with E-state index in [2.05, 4.69) is 33.6 Å². The summed E-state index contributed by atoms with van der Waals surface area (Å²) in [7, 11) is 3.89. The van der Waals surface area contributed by atoms with Gasteiger partial charge in [0.05, 0.1) is 24.2 Å². The lowest BCUT2D eigenvalue weighted by molar-refractivity contribution is -0.123. The third-order valence-corrected chi connectivity index (χ3v) is 8.78. The second-order valence-electron chi connectivity index (χ2n) is 12.7. The van der Waals surface area contributed by atoms with Crippen LogP contribution in [-0.4, -0.2) is 57.2 Å². The molecule has 0 aliphatic heterocycles. The Balaban J connectivity index is 1.15. The number of nitriles is 1. The van der Waals surface area contributed by atoms with Crippen LogP contribution in [0, 0.1) is 11.3 Å². The monoisotopic (exact) mass is 578 g/mol. The third-order valence-electron chi connectivity index (χ3n) is 8.78. The number of benzene rings is 1. The molecule has 2 amide bonds. The van der Waals surface area contributed by atoms with Gasteiger partial charge in [-0.2, -0.15) is 10.4 Å². The summed E-state index contributed by atoms with van der Waals surface area (Å²) in [6.45, 7) is 2.16. The van der Waals surface area contributed by atoms with Gasteiger partial charge in [0.25, 0.3) is 5.91 Å². The van der Waals surface area contributed by atoms with E-state index < -0.39 is 17.5 Å². The summed E-state index contributed by atoms with van der Waals surface area (Å²) in [6, 6.07) is 13.0. The second-order valence-corrected chi connectivity index (χ2v) is 12.7. The van der Waals surface area contributed by atoms with E-state index in [1.165, 1.54) is 0 Å². The summed E-state index contributed by atoms with van der Waals surface area (Å²) in [6.07, 6.45) is 7.08. The normalized spacial score (nSPS) is 18.5. The van der Waals surface area contributed by atoms with Crippen molar-refractivity contribution in [2.24, 2.45) is 0 Å². The van der Waals surface area contributed by atoms with Gasteiger partial charge < -0.3 is 20.0 Å². The van der Waals surface area contributed by atoms with E-state index in [9.17, 15) is 14.9 Å². The van der Waals surface area contributed by atoms with Crippen molar-refractivity contribution in [3.8, 4) is 17.2 Å². The Kier molecular flexibility index (Phi) is 6.27. The van der Waals surface area contributed by atoms with Crippen molar-refractivity contribution in [1.29, 1.82) is 5.26 Å². The molecule has 3 aliphatic rings. The average Bonchev–Trinajstić information content (AvgIpc) is 3.97. The van der Waals surface area contributed by atoms with Gasteiger partial charge >= 0.3 is 0 Å². The zero-order valence-electron chi connectivity index (χ0n) is 24.6. The third kappa shape index (κ3) is 5.33. The number of fused-ring (bicyclic) bond motifs is 1. The number of nitrogens with one attached hydrogen (secondary N) is 2. The first-order chi connectivity index (χ1) is 20.6. The number of anilines is 1. The zero-order chi connectivity index (χ0) is 29.9. The maximum absolute atomic E-state index is 13.7. The Morgan fingerprint density at radius 2 is 1.91 bits per heavy atom. The van der Waals surface area contributed by atoms with E-state index >= 15 is 0 Å². The summed E-state index contributed by atoms with van der Waals surface area (Å²) in [5, 5.41) is 20.1. The van der Waals surface area contributed by atoms with Gasteiger partial charge in [-0.15, -0.1) is 0 Å². The minimum atomic E-state index is -0.990. The number of rotatable bonds is 10. The van der Waals surface area contributed by atoms with Gasteiger partial charge in [0.15, 0.2) is 11.5 Å². The molecule has 3 aliphatic carbocycles. The lowest BCUT2D eigenvalue weighted by Gasteiger charge is -2.19. The van der Waals surface area contributed by atoms with E-state index in [-0.39, 0.29) is 23.8 Å². The first-order valence-corrected chi connectivity index (χ1v) is 14.8. The Morgan fingerprint density at radius 3 is 2.53 bits per heavy atom. The quantitative estimate of drug-likeness (QED) is 0.287. The lowest BCUT2D eigenvalue weighted by atomic mass is 10.1. The smallest absolute Gasteiger partial charge is 0.270 e. The predicted octanol–water partition coefficient (Wildman–Crippen LogP) is 4.05. The summed E-state index contributed by atoms with van der Waals surface area (Å²) in [5.74, 6) is 0.372. The van der Waals surface area contributed by atoms with Crippen LogP contribution in [0.2, 0.25) is 0 Å². The molecule has 1 atom stereocenters. The maximum Gasteiger partial charge on any atom is 0.270 e. The standard InChI is InChI=1S/C32H34N8O3/c1-31(10-11-31)26-16-24(40(38-26)21-6-7-21)30(42)36-23(29(41)37-32(18-33)12-13-32)15-28-35-22-8-4-19(14-25(22)43-28)20-5-9-27(34-17-20)39(2)3/h4-5,8-9,14,16-17,21,23H,6-7,10-13,15H2,1-3H3,(H,36,42)(H,37,41). The number of oxazole rings is 1. The molecule has 0 saturated heterocycles. The van der Waals surface area contributed by atoms with Gasteiger partial charge in [-0.25, -0.2) is 9.97 Å². The first-order valence-electron chi connectivity index (χ1n) is 14.8. The molecule has 3 saturated carbocycles. The molecule has 4 aromatic rings. The van der Waals surface area contributed by atoms with Crippen molar-refractivity contribution < 1.29 is 14.0 Å². The fraction of sp³-hybridized carbons (Fsp3) is 0.438. The highest BCUT2D eigenvalue weighted by Crippen LogP contribution is 2.48. The van der Waals surface area contributed by atoms with Crippen LogP contribution in [0.5, 0.6) is 0 Å². The molecule has 0 spiro atoms. The highest BCUT2D eigenvalue weighted by Gasteiger charge is 2.46. The van der Waals surface area contributed by atoms with Crippen molar-refractivity contribution in [2.45, 2.75) is 74.9 Å². The molecule has 220 valence electrons. The first kappa shape index (κ1) is 27.1. The van der Waals surface area contributed by atoms with Crippen molar-refractivity contribution in [3.05, 3.63) is 59.9 Å². The minimum absolute atomic E-state index is 0.0125. The summed E-state index contributed by atoms with van der Waals surface area (Å²) < 4.78 is 7.93. The number of carbonyl (C=O) groups excluding carboxylic acids is 2. The second kappa shape index (κ2) is 9.93. The molecule has 0 bridgehead atoms. The van der Waals surface area contributed by atoms with Crippen molar-refractivity contribution in [3.63, 3.8) is 0 Å². The molecule has 3 aromatic heterocycles. The molecule has 11 nitrogen and oxygen atoms in total. The minimum Gasteiger partial charge on any atom is -0.441 e. The zero-order valence-corrected chi connectivity index (χ0v) is 24.6. The lowest BCUT2D eigenvalue weighted by Crippen LogP contribution is -2.51. The number of amides is 2. The van der Waals surface area contributed by atoms with Crippen LogP contribution in [0.3, 0.4) is 0 Å². The maximum atomic E-state index is 13.7. The number of aromatic nitrogens is 4. The van der Waals surface area contributed by atoms with Gasteiger partial charge in [-0.05, 0) is 74.4 Å². The number of carbonyl (C=O) groups is 2. The topological polar surface area (TPSA) is 142 Å². The van der Waals surface area contributed by atoms with E-state index in [0.29, 0.717) is 35.5 Å². The Morgan fingerprint density at radius 1 is 1.14 bits per heavy atom. The number of hydrogen-bond acceptors (Lipinski definition) is 8. The average molecular weight is 579 g/mol. The molecular formula is C32H34N8O3. The Bertz CT molecular complexity index is 1770. The molecule has 11 heteroatoms. The van der Waals surface area contributed by atoms with Gasteiger partial charge in [-0.3, -0.25) is 14.3 Å². The number of hydrogen-bond donors (Lipinski definition) is 2. The van der Waals surface area contributed by atoms with Crippen LogP contribution in [0.25, 0.3) is 22.2 Å². The number of nitrogens with zero attached hydrogens (tertiary/aromatic N) is 6. The fourth-order valence-corrected chi connectivity index (χ4v) is 5.29. The largest absolute Gasteiger partial charge is 0.441 e. The molecule has 1 aromatic carbocycles. The number of pyridine rings is 1. The Labute approximate surface area is 249 Å². The molecular weight excluding hydrogens is 544 g/mol. The molecule has 1 unspecified atom stereocenters. The summed E-state index contributed by atoms with van der Waals surface area (Å²) >= 11 is 0. The molecule has 2 N–H and O–H groups in total. The summed E-state index contributed by atoms with van der Waals surface area (Å²) in [5.41, 5.74) is 3.59. The van der Waals surface area contributed by atoms with Gasteiger partial charge in [-0.1, -0.05) is 13.0 Å². The molecule has 0 radical (unpaired) electrons. The van der Waals surface area contributed by atoms with E-state index in [4.69, 9.17) is 9.52 Å². The van der Waals surface area contributed by atoms with Gasteiger partial charge in [0, 0.05) is 31.3 Å². The molecule has 7 rings (SSSR count). The van der Waals surface area contributed by atoms with E-state index in [0.717, 1.165) is 48.3 Å². The van der Waals surface area contributed by atoms with E-state index in [1.54, 1.807) is 0 Å². The Hall–Kier alpha value is -4.72. The van der Waals surface area contributed by atoms with E-state index in [1.807, 2.05) is 66.3 Å². The van der Waals surface area contributed by atoms with Crippen LogP contribution in [0.15, 0.2) is 47.0 Å². The van der Waals surface area contributed by atoms with Gasteiger partial charge in [0.2, 0.25) is 5.91 Å². The molecule has 43 heavy (non-hydrogen) atoms. The van der Waals surface area contributed by atoms with Crippen molar-refractivity contribution in [2.75, 3.05) is 19.0 Å². The van der Waals surface area contributed by atoms with Crippen LogP contribution in [0.4, 0.5) is 5.82 Å². The predicted molar refractivity (Wildman–Crippen MR) is 159 cm³/mol. The van der Waals surface area contributed by atoms with Crippen molar-refractivity contribution >= 4 is 28.7 Å². The van der Waals surface area contributed by atoms with Crippen LogP contribution < -0.4 is 15.5 Å². The SMILES string of the molecule is CN(C)c1ccc(-c2ccc3nc(CC(NC(=O)c4cc(C5(C)CC5)nn4C4CC4)C(=O)NC4(C#N)CC4)oc3c2)cn1. The van der Waals surface area contributed by atoms with Crippen LogP contribution in [-0.2, 0) is 16.6 Å².